The average molecular weight is 382 g/mol. The normalized spacial score (nSPS) is 14.0. The number of quaternary nitrogens is 1. The summed E-state index contributed by atoms with van der Waals surface area (Å²) in [5.41, 5.74) is 1.64. The number of carbonyl (C=O) groups excluding carboxylic acids is 1. The van der Waals surface area contributed by atoms with E-state index in [9.17, 15) is 4.79 Å². The van der Waals surface area contributed by atoms with Gasteiger partial charge in [-0.15, -0.1) is 0 Å². The monoisotopic (exact) mass is 381 g/mol. The summed E-state index contributed by atoms with van der Waals surface area (Å²) < 4.78 is 11.0. The zero-order chi connectivity index (χ0) is 17.8. The van der Waals surface area contributed by atoms with E-state index in [0.29, 0.717) is 53.5 Å². The first-order valence-corrected chi connectivity index (χ1v) is 8.71. The molecule has 25 heavy (non-hydrogen) atoms. The van der Waals surface area contributed by atoms with Crippen LogP contribution in [0.25, 0.3) is 0 Å². The van der Waals surface area contributed by atoms with Crippen LogP contribution in [0.1, 0.15) is 5.56 Å². The van der Waals surface area contributed by atoms with Crippen LogP contribution >= 0.6 is 23.2 Å². The van der Waals surface area contributed by atoms with Crippen LogP contribution in [0.2, 0.25) is 10.0 Å². The molecule has 2 aromatic carbocycles. The maximum atomic E-state index is 12.3. The van der Waals surface area contributed by atoms with Crippen LogP contribution in [0.3, 0.4) is 0 Å². The highest BCUT2D eigenvalue weighted by atomic mass is 35.5. The number of likely N-dealkylation sites (N-methyl/N-ethyl adjacent to an activating group) is 1. The summed E-state index contributed by atoms with van der Waals surface area (Å²) in [6, 6.07) is 10.8. The third kappa shape index (κ3) is 4.78. The fraction of sp³-hybridized carbons (Fsp3) is 0.278. The Labute approximate surface area is 156 Å². The van der Waals surface area contributed by atoms with Gasteiger partial charge in [0, 0.05) is 22.3 Å². The van der Waals surface area contributed by atoms with E-state index in [1.165, 1.54) is 0 Å². The summed E-state index contributed by atoms with van der Waals surface area (Å²) in [6.07, 6.45) is 0. The van der Waals surface area contributed by atoms with Crippen molar-refractivity contribution >= 4 is 34.8 Å². The molecule has 0 radical (unpaired) electrons. The Balaban J connectivity index is 1.56. The highest BCUT2D eigenvalue weighted by Crippen LogP contribution is 2.32. The molecule has 1 aliphatic heterocycles. The van der Waals surface area contributed by atoms with Gasteiger partial charge in [-0.3, -0.25) is 4.79 Å². The first kappa shape index (κ1) is 17.9. The molecule has 1 heterocycles. The van der Waals surface area contributed by atoms with Crippen molar-refractivity contribution in [3.63, 3.8) is 0 Å². The zero-order valence-corrected chi connectivity index (χ0v) is 15.3. The van der Waals surface area contributed by atoms with Gasteiger partial charge in [-0.1, -0.05) is 29.3 Å². The van der Waals surface area contributed by atoms with E-state index in [1.54, 1.807) is 30.3 Å². The van der Waals surface area contributed by atoms with Gasteiger partial charge in [0.15, 0.2) is 18.0 Å². The molecule has 3 rings (SSSR count). The predicted molar refractivity (Wildman–Crippen MR) is 98.0 cm³/mol. The lowest BCUT2D eigenvalue weighted by Gasteiger charge is -2.19. The number of benzene rings is 2. The molecule has 2 N–H and O–H groups in total. The highest BCUT2D eigenvalue weighted by molar-refractivity contribution is 6.35. The quantitative estimate of drug-likeness (QED) is 0.835. The maximum absolute atomic E-state index is 12.3. The Morgan fingerprint density at radius 2 is 1.88 bits per heavy atom. The summed E-state index contributed by atoms with van der Waals surface area (Å²) in [7, 11) is 1.94. The number of fused-ring (bicyclic) bond motifs is 1. The fourth-order valence-corrected chi connectivity index (χ4v) is 3.13. The molecule has 0 fully saturated rings. The van der Waals surface area contributed by atoms with E-state index in [-0.39, 0.29) is 5.91 Å². The molecule has 5 nitrogen and oxygen atoms in total. The molecule has 0 spiro atoms. The molecule has 1 amide bonds. The molecular weight excluding hydrogens is 363 g/mol. The largest absolute Gasteiger partial charge is 0.486 e. The van der Waals surface area contributed by atoms with Gasteiger partial charge in [0.1, 0.15) is 19.8 Å². The number of halogens is 2. The van der Waals surface area contributed by atoms with Gasteiger partial charge in [-0.25, -0.2) is 0 Å². The lowest BCUT2D eigenvalue weighted by Crippen LogP contribution is -3.08. The van der Waals surface area contributed by atoms with Crippen molar-refractivity contribution in [1.29, 1.82) is 0 Å². The summed E-state index contributed by atoms with van der Waals surface area (Å²) in [6.45, 7) is 2.00. The summed E-state index contributed by atoms with van der Waals surface area (Å²) in [5, 5.41) is 4.09. The molecule has 0 saturated heterocycles. The Morgan fingerprint density at radius 1 is 1.12 bits per heavy atom. The standard InChI is InChI=1S/C18H18Cl2N2O3/c1-22(10-12-2-3-13(19)8-15(12)20)11-18(23)21-14-4-5-16-17(9-14)25-7-6-24-16/h2-5,8-9H,6-7,10-11H2,1H3,(H,21,23)/p+1. The molecule has 0 bridgehead atoms. The zero-order valence-electron chi connectivity index (χ0n) is 13.8. The minimum absolute atomic E-state index is 0.0840. The SMILES string of the molecule is C[NH+](CC(=O)Nc1ccc2c(c1)OCCO2)Cc1ccc(Cl)cc1Cl. The molecular formula is C18H19Cl2N2O3+. The smallest absolute Gasteiger partial charge is 0.279 e. The number of amides is 1. The van der Waals surface area contributed by atoms with Gasteiger partial charge >= 0.3 is 0 Å². The molecule has 1 unspecified atom stereocenters. The van der Waals surface area contributed by atoms with E-state index in [1.807, 2.05) is 13.1 Å². The fourth-order valence-electron chi connectivity index (χ4n) is 2.65. The van der Waals surface area contributed by atoms with Crippen molar-refractivity contribution < 1.29 is 19.2 Å². The van der Waals surface area contributed by atoms with E-state index < -0.39 is 0 Å². The minimum atomic E-state index is -0.0840. The predicted octanol–water partition coefficient (Wildman–Crippen LogP) is 2.42. The number of ether oxygens (including phenoxy) is 2. The lowest BCUT2D eigenvalue weighted by atomic mass is 10.2. The minimum Gasteiger partial charge on any atom is -0.486 e. The average Bonchev–Trinajstić information content (AvgIpc) is 2.57. The Kier molecular flexibility index (Phi) is 5.68. The summed E-state index contributed by atoms with van der Waals surface area (Å²) in [5.74, 6) is 1.27. The van der Waals surface area contributed by atoms with E-state index in [2.05, 4.69) is 5.32 Å². The van der Waals surface area contributed by atoms with Crippen molar-refractivity contribution in [2.45, 2.75) is 6.54 Å². The second kappa shape index (κ2) is 7.95. The van der Waals surface area contributed by atoms with Crippen molar-refractivity contribution in [3.8, 4) is 11.5 Å². The lowest BCUT2D eigenvalue weighted by molar-refractivity contribution is -0.885. The molecule has 1 atom stereocenters. The Morgan fingerprint density at radius 3 is 2.64 bits per heavy atom. The second-order valence-corrected chi connectivity index (χ2v) is 6.80. The van der Waals surface area contributed by atoms with E-state index >= 15 is 0 Å². The van der Waals surface area contributed by atoms with Crippen LogP contribution in [-0.4, -0.2) is 32.7 Å². The van der Waals surface area contributed by atoms with Crippen molar-refractivity contribution in [2.24, 2.45) is 0 Å². The Bertz CT molecular complexity index is 783. The third-order valence-corrected chi connectivity index (χ3v) is 4.38. The van der Waals surface area contributed by atoms with Crippen LogP contribution in [0, 0.1) is 0 Å². The number of nitrogens with one attached hydrogen (secondary N) is 2. The van der Waals surface area contributed by atoms with E-state index in [4.69, 9.17) is 32.7 Å². The van der Waals surface area contributed by atoms with Gasteiger partial charge in [0.2, 0.25) is 0 Å². The van der Waals surface area contributed by atoms with Crippen LogP contribution < -0.4 is 19.7 Å². The summed E-state index contributed by atoms with van der Waals surface area (Å²) in [4.78, 5) is 13.3. The third-order valence-electron chi connectivity index (χ3n) is 3.80. The molecule has 0 saturated carbocycles. The van der Waals surface area contributed by atoms with Crippen LogP contribution in [0.15, 0.2) is 36.4 Å². The van der Waals surface area contributed by atoms with Gasteiger partial charge in [-0.05, 0) is 24.3 Å². The summed E-state index contributed by atoms with van der Waals surface area (Å²) >= 11 is 12.1. The highest BCUT2D eigenvalue weighted by Gasteiger charge is 2.15. The number of anilines is 1. The molecule has 2 aromatic rings. The second-order valence-electron chi connectivity index (χ2n) is 5.95. The first-order valence-electron chi connectivity index (χ1n) is 7.96. The van der Waals surface area contributed by atoms with Crippen molar-refractivity contribution in [3.05, 3.63) is 52.0 Å². The number of rotatable bonds is 5. The molecule has 132 valence electrons. The van der Waals surface area contributed by atoms with Crippen LogP contribution in [0.4, 0.5) is 5.69 Å². The van der Waals surface area contributed by atoms with Crippen molar-refractivity contribution in [2.75, 3.05) is 32.1 Å². The van der Waals surface area contributed by atoms with Gasteiger partial charge < -0.3 is 19.7 Å². The number of carbonyl (C=O) groups is 1. The van der Waals surface area contributed by atoms with Crippen molar-refractivity contribution in [1.82, 2.24) is 0 Å². The maximum Gasteiger partial charge on any atom is 0.279 e. The van der Waals surface area contributed by atoms with Crippen LogP contribution in [0.5, 0.6) is 11.5 Å². The molecule has 7 heteroatoms. The molecule has 0 aliphatic carbocycles. The van der Waals surface area contributed by atoms with Gasteiger partial charge in [0.25, 0.3) is 5.91 Å². The van der Waals surface area contributed by atoms with Gasteiger partial charge in [-0.2, -0.15) is 0 Å². The Hall–Kier alpha value is -1.95. The van der Waals surface area contributed by atoms with Gasteiger partial charge in [0.05, 0.1) is 12.1 Å². The van der Waals surface area contributed by atoms with Crippen LogP contribution in [-0.2, 0) is 11.3 Å². The van der Waals surface area contributed by atoms with E-state index in [0.717, 1.165) is 10.5 Å². The molecule has 1 aliphatic rings. The first-order chi connectivity index (χ1) is 12.0. The number of hydrogen-bond donors (Lipinski definition) is 2. The molecule has 0 aromatic heterocycles. The topological polar surface area (TPSA) is 52.0 Å². The number of hydrogen-bond acceptors (Lipinski definition) is 3.